The van der Waals surface area contributed by atoms with Gasteiger partial charge >= 0.3 is 0 Å². The SMILES string of the molecule is CSc1ccc(/C=C2/C(=N)N3N=C(c4cccnc4)SC3=NC2=O)cc1. The van der Waals surface area contributed by atoms with Gasteiger partial charge in [-0.05, 0) is 53.9 Å². The van der Waals surface area contributed by atoms with E-state index in [1.54, 1.807) is 30.2 Å². The Morgan fingerprint density at radius 2 is 2.04 bits per heavy atom. The molecule has 2 aliphatic heterocycles. The minimum atomic E-state index is -0.426. The van der Waals surface area contributed by atoms with Gasteiger partial charge in [0.25, 0.3) is 5.91 Å². The number of hydrogen-bond acceptors (Lipinski definition) is 6. The molecule has 0 atom stereocenters. The number of carbonyl (C=O) groups excluding carboxylic acids is 1. The van der Waals surface area contributed by atoms with E-state index in [0.717, 1.165) is 16.0 Å². The molecular formula is C18H13N5OS2. The molecule has 6 nitrogen and oxygen atoms in total. The third-order valence-corrected chi connectivity index (χ3v) is 5.49. The molecule has 0 saturated heterocycles. The Balaban J connectivity index is 1.66. The van der Waals surface area contributed by atoms with E-state index < -0.39 is 5.91 Å². The lowest BCUT2D eigenvalue weighted by Crippen LogP contribution is -2.35. The number of rotatable bonds is 3. The molecule has 0 bridgehead atoms. The first-order valence-corrected chi connectivity index (χ1v) is 9.74. The first kappa shape index (κ1) is 16.7. The van der Waals surface area contributed by atoms with Gasteiger partial charge in [0.1, 0.15) is 5.04 Å². The van der Waals surface area contributed by atoms with Crippen LogP contribution in [0.3, 0.4) is 0 Å². The van der Waals surface area contributed by atoms with E-state index in [1.807, 2.05) is 42.7 Å². The number of nitrogens with one attached hydrogen (secondary N) is 1. The van der Waals surface area contributed by atoms with Crippen molar-refractivity contribution in [2.45, 2.75) is 4.90 Å². The number of benzene rings is 1. The maximum absolute atomic E-state index is 12.4. The van der Waals surface area contributed by atoms with Crippen LogP contribution in [0.15, 0.2) is 69.4 Å². The van der Waals surface area contributed by atoms with Crippen molar-refractivity contribution in [2.75, 3.05) is 6.26 Å². The van der Waals surface area contributed by atoms with Crippen molar-refractivity contribution in [3.63, 3.8) is 0 Å². The molecule has 0 saturated carbocycles. The van der Waals surface area contributed by atoms with E-state index in [0.29, 0.717) is 10.2 Å². The van der Waals surface area contributed by atoms with Crippen LogP contribution in [0.5, 0.6) is 0 Å². The quantitative estimate of drug-likeness (QED) is 0.652. The second kappa shape index (κ2) is 6.89. The summed E-state index contributed by atoms with van der Waals surface area (Å²) in [7, 11) is 0. The first-order valence-electron chi connectivity index (χ1n) is 7.70. The van der Waals surface area contributed by atoms with Gasteiger partial charge in [0, 0.05) is 22.9 Å². The Kier molecular flexibility index (Phi) is 4.44. The van der Waals surface area contributed by atoms with Gasteiger partial charge in [-0.2, -0.15) is 15.1 Å². The van der Waals surface area contributed by atoms with Gasteiger partial charge in [0.2, 0.25) is 5.17 Å². The summed E-state index contributed by atoms with van der Waals surface area (Å²) in [4.78, 5) is 21.7. The van der Waals surface area contributed by atoms with E-state index in [9.17, 15) is 4.79 Å². The summed E-state index contributed by atoms with van der Waals surface area (Å²) >= 11 is 2.91. The second-order valence-electron chi connectivity index (χ2n) is 5.44. The summed E-state index contributed by atoms with van der Waals surface area (Å²) in [5, 5.41) is 15.3. The highest BCUT2D eigenvalue weighted by atomic mass is 32.2. The molecule has 0 radical (unpaired) electrons. The predicted molar refractivity (Wildman–Crippen MR) is 107 cm³/mol. The Bertz CT molecular complexity index is 980. The van der Waals surface area contributed by atoms with Crippen LogP contribution in [0.25, 0.3) is 6.08 Å². The molecule has 1 N–H and O–H groups in total. The smallest absolute Gasteiger partial charge is 0.282 e. The molecular weight excluding hydrogens is 366 g/mol. The first-order chi connectivity index (χ1) is 12.7. The van der Waals surface area contributed by atoms with Crippen LogP contribution in [0.1, 0.15) is 11.1 Å². The number of hydrazone groups is 1. The number of hydrogen-bond donors (Lipinski definition) is 1. The summed E-state index contributed by atoms with van der Waals surface area (Å²) in [6.07, 6.45) is 7.06. The highest BCUT2D eigenvalue weighted by molar-refractivity contribution is 8.27. The fraction of sp³-hybridized carbons (Fsp3) is 0.0556. The van der Waals surface area contributed by atoms with Crippen LogP contribution in [-0.4, -0.2) is 38.2 Å². The summed E-state index contributed by atoms with van der Waals surface area (Å²) in [5.41, 5.74) is 1.90. The van der Waals surface area contributed by atoms with Crippen molar-refractivity contribution in [2.24, 2.45) is 10.1 Å². The number of nitrogens with zero attached hydrogens (tertiary/aromatic N) is 4. The summed E-state index contributed by atoms with van der Waals surface area (Å²) in [6.45, 7) is 0. The van der Waals surface area contributed by atoms with E-state index in [2.05, 4.69) is 15.1 Å². The van der Waals surface area contributed by atoms with Gasteiger partial charge < -0.3 is 0 Å². The average molecular weight is 379 g/mol. The molecule has 8 heteroatoms. The van der Waals surface area contributed by atoms with Crippen molar-refractivity contribution in [1.82, 2.24) is 9.99 Å². The predicted octanol–water partition coefficient (Wildman–Crippen LogP) is 3.47. The molecule has 26 heavy (non-hydrogen) atoms. The minimum absolute atomic E-state index is 0.0281. The van der Waals surface area contributed by atoms with Crippen LogP contribution in [0.4, 0.5) is 0 Å². The minimum Gasteiger partial charge on any atom is -0.282 e. The van der Waals surface area contributed by atoms with Crippen LogP contribution in [-0.2, 0) is 4.79 Å². The van der Waals surface area contributed by atoms with Gasteiger partial charge in [-0.1, -0.05) is 12.1 Å². The van der Waals surface area contributed by atoms with Crippen molar-refractivity contribution < 1.29 is 4.79 Å². The van der Waals surface area contributed by atoms with Crippen molar-refractivity contribution >= 4 is 51.6 Å². The van der Waals surface area contributed by atoms with Gasteiger partial charge in [0.15, 0.2) is 5.84 Å². The van der Waals surface area contributed by atoms with Crippen LogP contribution in [0.2, 0.25) is 0 Å². The van der Waals surface area contributed by atoms with E-state index in [-0.39, 0.29) is 11.4 Å². The molecule has 4 rings (SSSR count). The van der Waals surface area contributed by atoms with Gasteiger partial charge in [-0.15, -0.1) is 11.8 Å². The van der Waals surface area contributed by atoms with Crippen LogP contribution < -0.4 is 0 Å². The van der Waals surface area contributed by atoms with Gasteiger partial charge in [0.05, 0.1) is 5.57 Å². The monoisotopic (exact) mass is 379 g/mol. The molecule has 0 spiro atoms. The largest absolute Gasteiger partial charge is 0.283 e. The summed E-state index contributed by atoms with van der Waals surface area (Å²) in [6, 6.07) is 11.5. The molecule has 0 fully saturated rings. The van der Waals surface area contributed by atoms with Crippen molar-refractivity contribution in [3.05, 3.63) is 65.5 Å². The van der Waals surface area contributed by atoms with E-state index in [1.165, 1.54) is 16.8 Å². The number of amidine groups is 2. The Hall–Kier alpha value is -2.71. The molecule has 2 aromatic rings. The highest BCUT2D eigenvalue weighted by Gasteiger charge is 2.36. The number of pyridine rings is 1. The summed E-state index contributed by atoms with van der Waals surface area (Å²) in [5.74, 6) is -0.398. The lowest BCUT2D eigenvalue weighted by Gasteiger charge is -2.20. The standard InChI is InChI=1S/C18H13N5OS2/c1-25-13-6-4-11(5-7-13)9-14-15(19)23-18(21-16(14)24)26-17(22-23)12-3-2-8-20-10-12/h2-10,19H,1H3/b14-9-,19-15?. The number of thioether (sulfide) groups is 2. The van der Waals surface area contributed by atoms with E-state index >= 15 is 0 Å². The van der Waals surface area contributed by atoms with Crippen LogP contribution in [0, 0.1) is 5.41 Å². The molecule has 2 aliphatic rings. The molecule has 3 heterocycles. The summed E-state index contributed by atoms with van der Waals surface area (Å²) < 4.78 is 0. The zero-order valence-corrected chi connectivity index (χ0v) is 15.3. The van der Waals surface area contributed by atoms with Gasteiger partial charge in [-0.3, -0.25) is 15.2 Å². The third kappa shape index (κ3) is 3.09. The third-order valence-electron chi connectivity index (χ3n) is 3.79. The molecule has 128 valence electrons. The zero-order chi connectivity index (χ0) is 18.1. The number of carbonyl (C=O) groups is 1. The molecule has 1 amide bonds. The topological polar surface area (TPSA) is 81.8 Å². The fourth-order valence-corrected chi connectivity index (χ4v) is 3.75. The fourth-order valence-electron chi connectivity index (χ4n) is 2.46. The second-order valence-corrected chi connectivity index (χ2v) is 7.28. The lowest BCUT2D eigenvalue weighted by molar-refractivity contribution is -0.114. The average Bonchev–Trinajstić information content (AvgIpc) is 3.10. The molecule has 1 aromatic heterocycles. The molecule has 0 unspecified atom stereocenters. The number of fused-ring (bicyclic) bond motifs is 1. The Labute approximate surface area is 158 Å². The Morgan fingerprint density at radius 1 is 1.23 bits per heavy atom. The maximum atomic E-state index is 12.4. The van der Waals surface area contributed by atoms with Crippen molar-refractivity contribution in [3.8, 4) is 0 Å². The molecule has 0 aliphatic carbocycles. The Morgan fingerprint density at radius 3 is 2.73 bits per heavy atom. The number of aromatic nitrogens is 1. The van der Waals surface area contributed by atoms with E-state index in [4.69, 9.17) is 5.41 Å². The molecule has 1 aromatic carbocycles. The lowest BCUT2D eigenvalue weighted by atomic mass is 10.1. The zero-order valence-electron chi connectivity index (χ0n) is 13.7. The van der Waals surface area contributed by atoms with Crippen molar-refractivity contribution in [1.29, 1.82) is 5.41 Å². The maximum Gasteiger partial charge on any atom is 0.283 e. The number of amides is 1. The van der Waals surface area contributed by atoms with Crippen LogP contribution >= 0.6 is 23.5 Å². The number of aliphatic imine (C=N–C) groups is 1. The van der Waals surface area contributed by atoms with Gasteiger partial charge in [-0.25, -0.2) is 0 Å². The normalized spacial score (nSPS) is 18.0. The highest BCUT2D eigenvalue weighted by Crippen LogP contribution is 2.30.